The molecule has 0 unspecified atom stereocenters. The summed E-state index contributed by atoms with van der Waals surface area (Å²) in [5, 5.41) is 9.50. The Kier molecular flexibility index (Phi) is 4.93. The van der Waals surface area contributed by atoms with Crippen LogP contribution in [0.3, 0.4) is 0 Å². The summed E-state index contributed by atoms with van der Waals surface area (Å²) in [6.07, 6.45) is 0.108. The SMILES string of the molecule is CCc1cc(NC(=O)[C@H](C)Oc2cccc(C(C)=O)c2)n[nH]1. The molecule has 0 bridgehead atoms. The number of benzene rings is 1. The fourth-order valence-electron chi connectivity index (χ4n) is 1.88. The quantitative estimate of drug-likeness (QED) is 0.803. The monoisotopic (exact) mass is 301 g/mol. The molecular weight excluding hydrogens is 282 g/mol. The number of hydrogen-bond acceptors (Lipinski definition) is 4. The Hall–Kier alpha value is -2.63. The lowest BCUT2D eigenvalue weighted by molar-refractivity contribution is -0.122. The third kappa shape index (κ3) is 3.94. The van der Waals surface area contributed by atoms with Crippen LogP contribution in [0.15, 0.2) is 30.3 Å². The number of hydrogen-bond donors (Lipinski definition) is 2. The van der Waals surface area contributed by atoms with E-state index in [1.54, 1.807) is 37.3 Å². The van der Waals surface area contributed by atoms with Gasteiger partial charge in [-0.2, -0.15) is 5.10 Å². The molecule has 2 aromatic rings. The molecule has 2 rings (SSSR count). The summed E-state index contributed by atoms with van der Waals surface area (Å²) < 4.78 is 5.57. The minimum atomic E-state index is -0.705. The average molecular weight is 301 g/mol. The van der Waals surface area contributed by atoms with Crippen LogP contribution in [0.25, 0.3) is 0 Å². The highest BCUT2D eigenvalue weighted by Gasteiger charge is 2.16. The first-order chi connectivity index (χ1) is 10.5. The van der Waals surface area contributed by atoms with Crippen molar-refractivity contribution in [1.29, 1.82) is 0 Å². The Morgan fingerprint density at radius 3 is 2.77 bits per heavy atom. The molecule has 0 spiro atoms. The molecule has 1 atom stereocenters. The molecule has 1 amide bonds. The van der Waals surface area contributed by atoms with Gasteiger partial charge >= 0.3 is 0 Å². The van der Waals surface area contributed by atoms with Gasteiger partial charge in [0.15, 0.2) is 17.7 Å². The zero-order chi connectivity index (χ0) is 16.1. The zero-order valence-corrected chi connectivity index (χ0v) is 12.8. The Labute approximate surface area is 128 Å². The number of aromatic nitrogens is 2. The van der Waals surface area contributed by atoms with Crippen LogP contribution < -0.4 is 10.1 Å². The summed E-state index contributed by atoms with van der Waals surface area (Å²) in [5.41, 5.74) is 1.49. The normalized spacial score (nSPS) is 11.8. The summed E-state index contributed by atoms with van der Waals surface area (Å²) in [7, 11) is 0. The Morgan fingerprint density at radius 2 is 2.14 bits per heavy atom. The summed E-state index contributed by atoms with van der Waals surface area (Å²) in [5.74, 6) is 0.593. The van der Waals surface area contributed by atoms with Gasteiger partial charge in [0.2, 0.25) is 0 Å². The minimum absolute atomic E-state index is 0.0498. The van der Waals surface area contributed by atoms with Crippen LogP contribution in [0.1, 0.15) is 36.8 Å². The number of Topliss-reactive ketones (excluding diaryl/α,β-unsaturated/α-hetero) is 1. The molecule has 22 heavy (non-hydrogen) atoms. The van der Waals surface area contributed by atoms with Crippen LogP contribution in [-0.2, 0) is 11.2 Å². The smallest absolute Gasteiger partial charge is 0.266 e. The highest BCUT2D eigenvalue weighted by molar-refractivity contribution is 5.95. The van der Waals surface area contributed by atoms with Crippen molar-refractivity contribution in [3.8, 4) is 5.75 Å². The maximum absolute atomic E-state index is 12.1. The summed E-state index contributed by atoms with van der Waals surface area (Å²) in [6.45, 7) is 5.12. The van der Waals surface area contributed by atoms with Gasteiger partial charge in [-0.05, 0) is 32.4 Å². The van der Waals surface area contributed by atoms with E-state index in [1.807, 2.05) is 6.92 Å². The maximum atomic E-state index is 12.1. The van der Waals surface area contributed by atoms with Gasteiger partial charge in [0.05, 0.1) is 0 Å². The van der Waals surface area contributed by atoms with Crippen molar-refractivity contribution < 1.29 is 14.3 Å². The molecule has 0 fully saturated rings. The number of carbonyl (C=O) groups excluding carboxylic acids is 2. The number of amides is 1. The first kappa shape index (κ1) is 15.8. The van der Waals surface area contributed by atoms with Gasteiger partial charge in [-0.15, -0.1) is 0 Å². The lowest BCUT2D eigenvalue weighted by atomic mass is 10.1. The summed E-state index contributed by atoms with van der Waals surface area (Å²) in [6, 6.07) is 8.53. The molecule has 6 heteroatoms. The number of nitrogens with zero attached hydrogens (tertiary/aromatic N) is 1. The van der Waals surface area contributed by atoms with Crippen molar-refractivity contribution in [2.24, 2.45) is 0 Å². The van der Waals surface area contributed by atoms with Gasteiger partial charge in [0.1, 0.15) is 5.75 Å². The molecule has 0 saturated heterocycles. The number of ketones is 1. The summed E-state index contributed by atoms with van der Waals surface area (Å²) >= 11 is 0. The van der Waals surface area contributed by atoms with Crippen LogP contribution in [0.5, 0.6) is 5.75 Å². The van der Waals surface area contributed by atoms with Crippen LogP contribution in [0.4, 0.5) is 5.82 Å². The third-order valence-electron chi connectivity index (χ3n) is 3.19. The largest absolute Gasteiger partial charge is 0.481 e. The van der Waals surface area contributed by atoms with Crippen molar-refractivity contribution in [1.82, 2.24) is 10.2 Å². The van der Waals surface area contributed by atoms with Gasteiger partial charge in [-0.3, -0.25) is 14.7 Å². The second kappa shape index (κ2) is 6.89. The number of ether oxygens (including phenoxy) is 1. The van der Waals surface area contributed by atoms with Gasteiger partial charge in [-0.1, -0.05) is 19.1 Å². The Bertz CT molecular complexity index is 679. The third-order valence-corrected chi connectivity index (χ3v) is 3.19. The number of aromatic amines is 1. The van der Waals surface area contributed by atoms with Crippen molar-refractivity contribution in [2.45, 2.75) is 33.3 Å². The van der Waals surface area contributed by atoms with Crippen LogP contribution in [-0.4, -0.2) is 28.0 Å². The predicted molar refractivity (Wildman–Crippen MR) is 83.1 cm³/mol. The van der Waals surface area contributed by atoms with Crippen molar-refractivity contribution in [3.63, 3.8) is 0 Å². The van der Waals surface area contributed by atoms with Gasteiger partial charge in [-0.25, -0.2) is 0 Å². The standard InChI is InChI=1S/C16H19N3O3/c1-4-13-9-15(19-18-13)17-16(21)11(3)22-14-7-5-6-12(8-14)10(2)20/h5-9,11H,4H2,1-3H3,(H2,17,18,19,21)/t11-/m0/s1. The van der Waals surface area contributed by atoms with Gasteiger partial charge in [0, 0.05) is 17.3 Å². The number of nitrogens with one attached hydrogen (secondary N) is 2. The molecule has 0 aliphatic carbocycles. The minimum Gasteiger partial charge on any atom is -0.481 e. The molecule has 1 aromatic carbocycles. The molecule has 116 valence electrons. The second-order valence-electron chi connectivity index (χ2n) is 4.97. The molecule has 1 heterocycles. The Morgan fingerprint density at radius 1 is 1.36 bits per heavy atom. The molecule has 6 nitrogen and oxygen atoms in total. The lowest BCUT2D eigenvalue weighted by Gasteiger charge is -2.14. The highest BCUT2D eigenvalue weighted by Crippen LogP contribution is 2.16. The molecule has 2 N–H and O–H groups in total. The number of carbonyl (C=O) groups is 2. The number of anilines is 1. The topological polar surface area (TPSA) is 84.1 Å². The molecule has 1 aromatic heterocycles. The van der Waals surface area contributed by atoms with E-state index >= 15 is 0 Å². The van der Waals surface area contributed by atoms with Crippen LogP contribution in [0.2, 0.25) is 0 Å². The van der Waals surface area contributed by atoms with Crippen molar-refractivity contribution in [3.05, 3.63) is 41.6 Å². The van der Waals surface area contributed by atoms with Crippen LogP contribution in [0, 0.1) is 0 Å². The van der Waals surface area contributed by atoms with E-state index in [0.29, 0.717) is 17.1 Å². The van der Waals surface area contributed by atoms with E-state index < -0.39 is 6.10 Å². The van der Waals surface area contributed by atoms with Crippen LogP contribution >= 0.6 is 0 Å². The van der Waals surface area contributed by atoms with Gasteiger partial charge in [0.25, 0.3) is 5.91 Å². The lowest BCUT2D eigenvalue weighted by Crippen LogP contribution is -2.30. The molecular formula is C16H19N3O3. The maximum Gasteiger partial charge on any atom is 0.266 e. The zero-order valence-electron chi connectivity index (χ0n) is 12.8. The average Bonchev–Trinajstić information content (AvgIpc) is 2.95. The number of H-pyrrole nitrogens is 1. The molecule has 0 aliphatic rings. The summed E-state index contributed by atoms with van der Waals surface area (Å²) in [4.78, 5) is 23.4. The Balaban J connectivity index is 1.99. The molecule has 0 aliphatic heterocycles. The van der Waals surface area contributed by atoms with E-state index in [2.05, 4.69) is 15.5 Å². The first-order valence-corrected chi connectivity index (χ1v) is 7.12. The second-order valence-corrected chi connectivity index (χ2v) is 4.97. The first-order valence-electron chi connectivity index (χ1n) is 7.12. The molecule has 0 radical (unpaired) electrons. The van der Waals surface area contributed by atoms with Gasteiger partial charge < -0.3 is 10.1 Å². The number of rotatable bonds is 6. The van der Waals surface area contributed by atoms with E-state index in [0.717, 1.165) is 12.1 Å². The van der Waals surface area contributed by atoms with E-state index in [4.69, 9.17) is 4.74 Å². The molecule has 0 saturated carbocycles. The number of aryl methyl sites for hydroxylation is 1. The van der Waals surface area contributed by atoms with E-state index in [1.165, 1.54) is 6.92 Å². The fraction of sp³-hybridized carbons (Fsp3) is 0.312. The van der Waals surface area contributed by atoms with E-state index in [9.17, 15) is 9.59 Å². The van der Waals surface area contributed by atoms with E-state index in [-0.39, 0.29) is 11.7 Å². The fourth-order valence-corrected chi connectivity index (χ4v) is 1.88. The van der Waals surface area contributed by atoms with Crippen molar-refractivity contribution in [2.75, 3.05) is 5.32 Å². The van der Waals surface area contributed by atoms with Crippen molar-refractivity contribution >= 4 is 17.5 Å². The highest BCUT2D eigenvalue weighted by atomic mass is 16.5. The predicted octanol–water partition coefficient (Wildman–Crippen LogP) is 2.58.